The van der Waals surface area contributed by atoms with Gasteiger partial charge in [-0.05, 0) is 55.8 Å². The topological polar surface area (TPSA) is 78.9 Å². The molecule has 3 rings (SSSR count). The fraction of sp³-hybridized carbons (Fsp3) is 0.435. The summed E-state index contributed by atoms with van der Waals surface area (Å²) in [6.07, 6.45) is 3.27. The zero-order chi connectivity index (χ0) is 22.4. The lowest BCUT2D eigenvalue weighted by Crippen LogP contribution is -2.47. The minimum absolute atomic E-state index is 0.0158. The first-order valence-electron chi connectivity index (χ1n) is 10.6. The fourth-order valence-electron chi connectivity index (χ4n) is 3.53. The van der Waals surface area contributed by atoms with Crippen LogP contribution >= 0.6 is 0 Å². The van der Waals surface area contributed by atoms with Crippen LogP contribution in [-0.4, -0.2) is 63.9 Å². The van der Waals surface area contributed by atoms with E-state index < -0.39 is 10.0 Å². The van der Waals surface area contributed by atoms with Crippen LogP contribution < -0.4 is 10.1 Å². The number of nitrogens with zero attached hydrogens (tertiary/aromatic N) is 2. The molecule has 0 atom stereocenters. The van der Waals surface area contributed by atoms with E-state index in [2.05, 4.69) is 17.1 Å². The van der Waals surface area contributed by atoms with Crippen molar-refractivity contribution in [2.24, 2.45) is 0 Å². The number of hydrogen-bond acceptors (Lipinski definition) is 5. The third-order valence-electron chi connectivity index (χ3n) is 5.54. The van der Waals surface area contributed by atoms with E-state index in [-0.39, 0.29) is 22.1 Å². The number of hydrogen-bond donors (Lipinski definition) is 1. The molecule has 1 heterocycles. The van der Waals surface area contributed by atoms with Crippen molar-refractivity contribution in [1.29, 1.82) is 0 Å². The minimum Gasteiger partial charge on any atom is -0.495 e. The molecule has 0 bridgehead atoms. The van der Waals surface area contributed by atoms with Crippen LogP contribution in [0.1, 0.15) is 35.7 Å². The van der Waals surface area contributed by atoms with Crippen molar-refractivity contribution in [2.75, 3.05) is 45.7 Å². The summed E-state index contributed by atoms with van der Waals surface area (Å²) in [5.41, 5.74) is 2.16. The van der Waals surface area contributed by atoms with Gasteiger partial charge in [-0.25, -0.2) is 8.42 Å². The molecule has 31 heavy (non-hydrogen) atoms. The maximum Gasteiger partial charge on any atom is 0.255 e. The number of sulfonamides is 1. The Bertz CT molecular complexity index is 998. The number of rotatable bonds is 8. The number of aryl methyl sites for hydroxylation is 1. The van der Waals surface area contributed by atoms with Gasteiger partial charge >= 0.3 is 0 Å². The predicted octanol–water partition coefficient (Wildman–Crippen LogP) is 3.23. The molecule has 168 valence electrons. The normalized spacial score (nSPS) is 15.6. The summed E-state index contributed by atoms with van der Waals surface area (Å²) in [6.45, 7) is 4.29. The van der Waals surface area contributed by atoms with Gasteiger partial charge in [0.15, 0.2) is 0 Å². The summed E-state index contributed by atoms with van der Waals surface area (Å²) in [6, 6.07) is 12.3. The monoisotopic (exact) mass is 445 g/mol. The van der Waals surface area contributed by atoms with Crippen LogP contribution in [0.2, 0.25) is 0 Å². The van der Waals surface area contributed by atoms with Crippen LogP contribution in [0, 0.1) is 0 Å². The highest BCUT2D eigenvalue weighted by Crippen LogP contribution is 2.29. The lowest BCUT2D eigenvalue weighted by atomic mass is 10.1. The van der Waals surface area contributed by atoms with Gasteiger partial charge in [-0.15, -0.1) is 0 Å². The summed E-state index contributed by atoms with van der Waals surface area (Å²) in [7, 11) is -0.377. The van der Waals surface area contributed by atoms with E-state index >= 15 is 0 Å². The Labute approximate surface area is 185 Å². The van der Waals surface area contributed by atoms with Gasteiger partial charge in [0.2, 0.25) is 10.0 Å². The maximum absolute atomic E-state index is 13.2. The Hall–Kier alpha value is -2.42. The molecule has 0 aromatic heterocycles. The quantitative estimate of drug-likeness (QED) is 0.675. The minimum atomic E-state index is -3.77. The third kappa shape index (κ3) is 5.64. The summed E-state index contributed by atoms with van der Waals surface area (Å²) in [5.74, 6) is -0.130. The highest BCUT2D eigenvalue weighted by molar-refractivity contribution is 7.89. The average Bonchev–Trinajstić information content (AvgIpc) is 2.78. The first kappa shape index (κ1) is 23.2. The molecule has 1 aliphatic heterocycles. The molecule has 0 saturated carbocycles. The van der Waals surface area contributed by atoms with Gasteiger partial charge in [-0.3, -0.25) is 4.79 Å². The number of nitrogens with one attached hydrogen (secondary N) is 1. The van der Waals surface area contributed by atoms with E-state index in [9.17, 15) is 13.2 Å². The number of amides is 1. The van der Waals surface area contributed by atoms with E-state index in [0.717, 1.165) is 19.3 Å². The Morgan fingerprint density at radius 2 is 1.74 bits per heavy atom. The Morgan fingerprint density at radius 1 is 1.06 bits per heavy atom. The van der Waals surface area contributed by atoms with Gasteiger partial charge in [0.1, 0.15) is 10.6 Å². The molecule has 0 aliphatic carbocycles. The summed E-state index contributed by atoms with van der Waals surface area (Å²) in [4.78, 5) is 14.9. The van der Waals surface area contributed by atoms with E-state index in [0.29, 0.717) is 31.9 Å². The highest BCUT2D eigenvalue weighted by Gasteiger charge is 2.30. The molecule has 2 aromatic carbocycles. The molecular weight excluding hydrogens is 414 g/mol. The largest absolute Gasteiger partial charge is 0.495 e. The van der Waals surface area contributed by atoms with E-state index in [1.54, 1.807) is 6.07 Å². The highest BCUT2D eigenvalue weighted by atomic mass is 32.2. The zero-order valence-corrected chi connectivity index (χ0v) is 19.2. The summed E-state index contributed by atoms with van der Waals surface area (Å²) >= 11 is 0. The van der Waals surface area contributed by atoms with Gasteiger partial charge in [-0.1, -0.05) is 25.5 Å². The second kappa shape index (κ2) is 10.3. The SMILES string of the molecule is CCCCc1ccc(NC(=O)c2ccc(OC)c(S(=O)(=O)N3CCN(C)CC3)c2)cc1. The molecule has 7 nitrogen and oxygen atoms in total. The Morgan fingerprint density at radius 3 is 2.35 bits per heavy atom. The molecule has 1 N–H and O–H groups in total. The second-order valence-corrected chi connectivity index (χ2v) is 9.73. The van der Waals surface area contributed by atoms with Crippen LogP contribution in [0.5, 0.6) is 5.75 Å². The number of piperazine rings is 1. The zero-order valence-electron chi connectivity index (χ0n) is 18.4. The molecule has 1 saturated heterocycles. The van der Waals surface area contributed by atoms with Gasteiger partial charge in [0.05, 0.1) is 7.11 Å². The standard InChI is InChI=1S/C23H31N3O4S/c1-4-5-6-18-7-10-20(11-8-18)24-23(27)19-9-12-21(30-3)22(17-19)31(28,29)26-15-13-25(2)14-16-26/h7-12,17H,4-6,13-16H2,1-3H3,(H,24,27). The van der Waals surface area contributed by atoms with Crippen LogP contribution in [0.3, 0.4) is 0 Å². The first-order chi connectivity index (χ1) is 14.8. The van der Waals surface area contributed by atoms with Crippen LogP contribution in [-0.2, 0) is 16.4 Å². The Balaban J connectivity index is 1.80. The van der Waals surface area contributed by atoms with Crippen LogP contribution in [0.15, 0.2) is 47.4 Å². The summed E-state index contributed by atoms with van der Waals surface area (Å²) in [5, 5.41) is 2.85. The van der Waals surface area contributed by atoms with E-state index in [4.69, 9.17) is 4.74 Å². The van der Waals surface area contributed by atoms with Crippen LogP contribution in [0.25, 0.3) is 0 Å². The lowest BCUT2D eigenvalue weighted by molar-refractivity contribution is 0.102. The number of methoxy groups -OCH3 is 1. The van der Waals surface area contributed by atoms with Crippen molar-refractivity contribution >= 4 is 21.6 Å². The van der Waals surface area contributed by atoms with Crippen molar-refractivity contribution in [3.63, 3.8) is 0 Å². The van der Waals surface area contributed by atoms with Gasteiger partial charge in [0, 0.05) is 37.4 Å². The predicted molar refractivity (Wildman–Crippen MR) is 122 cm³/mol. The fourth-order valence-corrected chi connectivity index (χ4v) is 5.13. The van der Waals surface area contributed by atoms with Crippen molar-refractivity contribution in [3.8, 4) is 5.75 Å². The molecule has 1 aliphatic rings. The maximum atomic E-state index is 13.2. The third-order valence-corrected chi connectivity index (χ3v) is 7.46. The van der Waals surface area contributed by atoms with Gasteiger partial charge in [0.25, 0.3) is 5.91 Å². The Kier molecular flexibility index (Phi) is 7.69. The number of carbonyl (C=O) groups excluding carboxylic acids is 1. The molecule has 1 amide bonds. The number of carbonyl (C=O) groups is 1. The van der Waals surface area contributed by atoms with Gasteiger partial charge in [-0.2, -0.15) is 4.31 Å². The van der Waals surface area contributed by atoms with Crippen molar-refractivity contribution in [2.45, 2.75) is 31.1 Å². The molecule has 1 fully saturated rings. The number of likely N-dealkylation sites (N-methyl/N-ethyl adjacent to an activating group) is 1. The van der Waals surface area contributed by atoms with E-state index in [1.807, 2.05) is 31.3 Å². The van der Waals surface area contributed by atoms with Crippen molar-refractivity contribution in [1.82, 2.24) is 9.21 Å². The van der Waals surface area contributed by atoms with E-state index in [1.165, 1.54) is 29.1 Å². The lowest BCUT2D eigenvalue weighted by Gasteiger charge is -2.31. The first-order valence-corrected chi connectivity index (χ1v) is 12.1. The number of ether oxygens (including phenoxy) is 1. The van der Waals surface area contributed by atoms with Crippen molar-refractivity contribution in [3.05, 3.63) is 53.6 Å². The molecule has 0 spiro atoms. The molecule has 0 unspecified atom stereocenters. The molecular formula is C23H31N3O4S. The number of benzene rings is 2. The smallest absolute Gasteiger partial charge is 0.255 e. The molecule has 2 aromatic rings. The summed E-state index contributed by atoms with van der Waals surface area (Å²) < 4.78 is 33.2. The van der Waals surface area contributed by atoms with Gasteiger partial charge < -0.3 is 15.0 Å². The molecule has 0 radical (unpaired) electrons. The second-order valence-electron chi connectivity index (χ2n) is 7.83. The number of unbranched alkanes of at least 4 members (excludes halogenated alkanes) is 1. The average molecular weight is 446 g/mol. The van der Waals surface area contributed by atoms with Crippen molar-refractivity contribution < 1.29 is 17.9 Å². The van der Waals surface area contributed by atoms with Crippen LogP contribution in [0.4, 0.5) is 5.69 Å². The molecule has 8 heteroatoms. The number of anilines is 1.